The van der Waals surface area contributed by atoms with Crippen molar-refractivity contribution in [3.05, 3.63) is 28.4 Å². The third kappa shape index (κ3) is 2.54. The number of nitrogens with one attached hydrogen (secondary N) is 1. The van der Waals surface area contributed by atoms with E-state index in [-0.39, 0.29) is 11.2 Å². The lowest BCUT2D eigenvalue weighted by Gasteiger charge is -2.28. The van der Waals surface area contributed by atoms with Gasteiger partial charge in [0.25, 0.3) is 0 Å². The van der Waals surface area contributed by atoms with Gasteiger partial charge < -0.3 is 15.4 Å². The highest BCUT2D eigenvalue weighted by atomic mass is 16.6. The van der Waals surface area contributed by atoms with Gasteiger partial charge in [-0.25, -0.2) is 0 Å². The lowest BCUT2D eigenvalue weighted by molar-refractivity contribution is -0.389. The molecular formula is C12H17N3O2. The molecule has 5 heteroatoms. The summed E-state index contributed by atoms with van der Waals surface area (Å²) in [4.78, 5) is 13.8. The lowest BCUT2D eigenvalue weighted by Crippen LogP contribution is -2.30. The van der Waals surface area contributed by atoms with Crippen LogP contribution in [0.3, 0.4) is 0 Å². The summed E-state index contributed by atoms with van der Waals surface area (Å²) in [6, 6.07) is 3.58. The van der Waals surface area contributed by atoms with E-state index >= 15 is 0 Å². The monoisotopic (exact) mass is 235 g/mol. The van der Waals surface area contributed by atoms with Gasteiger partial charge in [-0.15, -0.1) is 0 Å². The molecule has 0 radical (unpaired) electrons. The van der Waals surface area contributed by atoms with Crippen LogP contribution in [0.2, 0.25) is 0 Å². The maximum Gasteiger partial charge on any atom is 0.363 e. The zero-order chi connectivity index (χ0) is 12.5. The van der Waals surface area contributed by atoms with E-state index < -0.39 is 4.92 Å². The van der Waals surface area contributed by atoms with Gasteiger partial charge in [0.15, 0.2) is 6.20 Å². The van der Waals surface area contributed by atoms with Crippen molar-refractivity contribution in [2.75, 3.05) is 5.32 Å². The number of nitrogens with zero attached hydrogens (tertiary/aromatic N) is 2. The number of hydrogen-bond donors (Lipinski definition) is 1. The van der Waals surface area contributed by atoms with Crippen molar-refractivity contribution in [2.45, 2.75) is 39.2 Å². The zero-order valence-electron chi connectivity index (χ0n) is 10.1. The highest BCUT2D eigenvalue weighted by molar-refractivity contribution is 5.44. The molecule has 0 aromatic carbocycles. The van der Waals surface area contributed by atoms with Gasteiger partial charge in [-0.3, -0.25) is 0 Å². The van der Waals surface area contributed by atoms with Gasteiger partial charge >= 0.3 is 5.82 Å². The van der Waals surface area contributed by atoms with Crippen LogP contribution in [0.5, 0.6) is 0 Å². The van der Waals surface area contributed by atoms with Gasteiger partial charge in [0.2, 0.25) is 0 Å². The molecule has 0 aliphatic heterocycles. The number of anilines is 1. The molecule has 1 fully saturated rings. The Kier molecular flexibility index (Phi) is 3.00. The Hall–Kier alpha value is -1.65. The maximum absolute atomic E-state index is 10.5. The van der Waals surface area contributed by atoms with E-state index in [1.165, 1.54) is 25.1 Å². The predicted octanol–water partition coefficient (Wildman–Crippen LogP) is 2.98. The minimum atomic E-state index is -0.483. The number of pyridine rings is 1. The fraction of sp³-hybridized carbons (Fsp3) is 0.583. The first-order valence-electron chi connectivity index (χ1n) is 5.86. The highest BCUT2D eigenvalue weighted by Crippen LogP contribution is 2.38. The average Bonchev–Trinajstić information content (AvgIpc) is 2.59. The standard InChI is InChI=1S/C12H17N3O2/c1-12(2)7-3-4-10(12)14-9-5-6-11(13-8-9)15(16)17/h5-6,8,10,14H,3-4,7H2,1-2H3. The van der Waals surface area contributed by atoms with Crippen LogP contribution in [-0.4, -0.2) is 15.9 Å². The summed E-state index contributed by atoms with van der Waals surface area (Å²) in [5.41, 5.74) is 1.14. The summed E-state index contributed by atoms with van der Waals surface area (Å²) < 4.78 is 0. The van der Waals surface area contributed by atoms with Crippen molar-refractivity contribution in [3.8, 4) is 0 Å². The van der Waals surface area contributed by atoms with Crippen molar-refractivity contribution in [1.82, 2.24) is 4.98 Å². The Labute approximate surface area is 100 Å². The van der Waals surface area contributed by atoms with Crippen LogP contribution in [0.25, 0.3) is 0 Å². The van der Waals surface area contributed by atoms with Crippen LogP contribution in [-0.2, 0) is 0 Å². The van der Waals surface area contributed by atoms with Crippen LogP contribution in [0.15, 0.2) is 18.3 Å². The molecular weight excluding hydrogens is 218 g/mol. The second-order valence-electron chi connectivity index (χ2n) is 5.24. The molecule has 0 amide bonds. The quantitative estimate of drug-likeness (QED) is 0.646. The van der Waals surface area contributed by atoms with Gasteiger partial charge in [-0.1, -0.05) is 20.3 Å². The first-order chi connectivity index (χ1) is 7.99. The number of aromatic nitrogens is 1. The van der Waals surface area contributed by atoms with Gasteiger partial charge in [-0.05, 0) is 34.2 Å². The lowest BCUT2D eigenvalue weighted by atomic mass is 9.87. The first kappa shape index (κ1) is 11.8. The largest absolute Gasteiger partial charge is 0.379 e. The van der Waals surface area contributed by atoms with Crippen molar-refractivity contribution in [1.29, 1.82) is 0 Å². The van der Waals surface area contributed by atoms with Crippen molar-refractivity contribution in [2.24, 2.45) is 5.41 Å². The fourth-order valence-electron chi connectivity index (χ4n) is 2.37. The van der Waals surface area contributed by atoms with E-state index in [1.807, 2.05) is 0 Å². The smallest absolute Gasteiger partial charge is 0.363 e. The van der Waals surface area contributed by atoms with Crippen LogP contribution in [0.4, 0.5) is 11.5 Å². The number of hydrogen-bond acceptors (Lipinski definition) is 4. The van der Waals surface area contributed by atoms with E-state index in [2.05, 4.69) is 24.1 Å². The normalized spacial score (nSPS) is 22.4. The molecule has 1 atom stereocenters. The van der Waals surface area contributed by atoms with Crippen LogP contribution in [0.1, 0.15) is 33.1 Å². The molecule has 5 nitrogen and oxygen atoms in total. The van der Waals surface area contributed by atoms with Gasteiger partial charge in [0, 0.05) is 12.1 Å². The van der Waals surface area contributed by atoms with Crippen LogP contribution >= 0.6 is 0 Å². The van der Waals surface area contributed by atoms with Gasteiger partial charge in [0.05, 0.1) is 5.69 Å². The van der Waals surface area contributed by atoms with Gasteiger partial charge in [-0.2, -0.15) is 0 Å². The molecule has 1 aliphatic rings. The summed E-state index contributed by atoms with van der Waals surface area (Å²) in [7, 11) is 0. The molecule has 2 rings (SSSR count). The van der Waals surface area contributed by atoms with Crippen LogP contribution in [0, 0.1) is 15.5 Å². The maximum atomic E-state index is 10.5. The van der Waals surface area contributed by atoms with Crippen molar-refractivity contribution in [3.63, 3.8) is 0 Å². The molecule has 17 heavy (non-hydrogen) atoms. The summed E-state index contributed by atoms with van der Waals surface area (Å²) >= 11 is 0. The minimum absolute atomic E-state index is 0.110. The third-order valence-electron chi connectivity index (χ3n) is 3.53. The molecule has 1 aromatic heterocycles. The van der Waals surface area contributed by atoms with Crippen LogP contribution < -0.4 is 5.32 Å². The Balaban J connectivity index is 2.06. The van der Waals surface area contributed by atoms with E-state index in [4.69, 9.17) is 0 Å². The summed E-state index contributed by atoms with van der Waals surface area (Å²) in [5, 5.41) is 13.9. The summed E-state index contributed by atoms with van der Waals surface area (Å²) in [6.45, 7) is 4.49. The summed E-state index contributed by atoms with van der Waals surface area (Å²) in [5.74, 6) is -0.110. The Morgan fingerprint density at radius 1 is 1.53 bits per heavy atom. The zero-order valence-corrected chi connectivity index (χ0v) is 10.1. The second-order valence-corrected chi connectivity index (χ2v) is 5.24. The Bertz CT molecular complexity index is 414. The predicted molar refractivity (Wildman–Crippen MR) is 65.9 cm³/mol. The molecule has 0 saturated heterocycles. The first-order valence-corrected chi connectivity index (χ1v) is 5.86. The Morgan fingerprint density at radius 2 is 2.29 bits per heavy atom. The molecule has 92 valence electrons. The topological polar surface area (TPSA) is 68.1 Å². The van der Waals surface area contributed by atoms with Gasteiger partial charge in [0.1, 0.15) is 0 Å². The molecule has 1 aliphatic carbocycles. The Morgan fingerprint density at radius 3 is 2.76 bits per heavy atom. The fourth-order valence-corrected chi connectivity index (χ4v) is 2.37. The van der Waals surface area contributed by atoms with E-state index in [9.17, 15) is 10.1 Å². The van der Waals surface area contributed by atoms with Crippen molar-refractivity contribution < 1.29 is 4.92 Å². The molecule has 1 N–H and O–H groups in total. The highest BCUT2D eigenvalue weighted by Gasteiger charge is 2.34. The van der Waals surface area contributed by atoms with E-state index in [0.717, 1.165) is 12.1 Å². The minimum Gasteiger partial charge on any atom is -0.379 e. The van der Waals surface area contributed by atoms with Crippen molar-refractivity contribution >= 4 is 11.5 Å². The van der Waals surface area contributed by atoms with E-state index in [0.29, 0.717) is 6.04 Å². The molecule has 0 bridgehead atoms. The molecule has 1 saturated carbocycles. The molecule has 1 heterocycles. The SMILES string of the molecule is CC1(C)CCCC1Nc1ccc([N+](=O)[O-])nc1. The van der Waals surface area contributed by atoms with E-state index in [1.54, 1.807) is 6.07 Å². The average molecular weight is 235 g/mol. The third-order valence-corrected chi connectivity index (χ3v) is 3.53. The molecule has 1 aromatic rings. The molecule has 1 unspecified atom stereocenters. The molecule has 0 spiro atoms. The number of nitro groups is 1. The number of rotatable bonds is 3. The second kappa shape index (κ2) is 4.31. The summed E-state index contributed by atoms with van der Waals surface area (Å²) in [6.07, 6.45) is 5.12.